The highest BCUT2D eigenvalue weighted by Gasteiger charge is 2.03. The fourth-order valence-corrected chi connectivity index (χ4v) is 1.53. The molecule has 2 aromatic rings. The fraction of sp³-hybridized carbons (Fsp3) is 0.250. The number of hydrogen-bond donors (Lipinski definition) is 2. The van der Waals surface area contributed by atoms with Crippen LogP contribution in [0.15, 0.2) is 24.4 Å². The number of aromatic nitrogens is 2. The van der Waals surface area contributed by atoms with Gasteiger partial charge in [-0.2, -0.15) is 5.10 Å². The van der Waals surface area contributed by atoms with E-state index >= 15 is 0 Å². The number of rotatable bonds is 4. The lowest BCUT2D eigenvalue weighted by Gasteiger charge is -2.08. The average Bonchev–Trinajstić information content (AvgIpc) is 2.71. The van der Waals surface area contributed by atoms with Crippen LogP contribution in [-0.4, -0.2) is 17.3 Å². The maximum absolute atomic E-state index is 13.2. The second-order valence-electron chi connectivity index (χ2n) is 3.75. The van der Waals surface area contributed by atoms with Gasteiger partial charge in [0.2, 0.25) is 0 Å². The number of methoxy groups -OCH3 is 1. The van der Waals surface area contributed by atoms with Gasteiger partial charge in [0.1, 0.15) is 11.6 Å². The highest BCUT2D eigenvalue weighted by Crippen LogP contribution is 2.20. The van der Waals surface area contributed by atoms with Crippen LogP contribution in [0, 0.1) is 12.7 Å². The van der Waals surface area contributed by atoms with Gasteiger partial charge < -0.3 is 10.1 Å². The van der Waals surface area contributed by atoms with Crippen LogP contribution in [0.3, 0.4) is 0 Å². The number of aryl methyl sites for hydroxylation is 1. The molecule has 0 fully saturated rings. The van der Waals surface area contributed by atoms with E-state index in [9.17, 15) is 4.39 Å². The van der Waals surface area contributed by atoms with Gasteiger partial charge in [0.15, 0.2) is 0 Å². The Morgan fingerprint density at radius 3 is 2.88 bits per heavy atom. The third-order valence-electron chi connectivity index (χ3n) is 2.52. The Balaban J connectivity index is 2.09. The molecule has 0 aliphatic rings. The molecule has 0 unspecified atom stereocenters. The van der Waals surface area contributed by atoms with E-state index in [-0.39, 0.29) is 5.82 Å². The van der Waals surface area contributed by atoms with Crippen LogP contribution >= 0.6 is 0 Å². The van der Waals surface area contributed by atoms with Crippen molar-refractivity contribution in [3.8, 4) is 5.75 Å². The molecule has 0 spiro atoms. The quantitative estimate of drug-likeness (QED) is 0.856. The Kier molecular flexibility index (Phi) is 3.27. The molecule has 4 nitrogen and oxygen atoms in total. The fourth-order valence-electron chi connectivity index (χ4n) is 1.53. The summed E-state index contributed by atoms with van der Waals surface area (Å²) in [7, 11) is 1.51. The average molecular weight is 235 g/mol. The first kappa shape index (κ1) is 11.4. The van der Waals surface area contributed by atoms with Gasteiger partial charge in [-0.25, -0.2) is 4.39 Å². The van der Waals surface area contributed by atoms with Gasteiger partial charge in [-0.15, -0.1) is 0 Å². The van der Waals surface area contributed by atoms with Crippen molar-refractivity contribution in [2.24, 2.45) is 0 Å². The number of aromatic amines is 1. The summed E-state index contributed by atoms with van der Waals surface area (Å²) in [5, 5.41) is 9.89. The summed E-state index contributed by atoms with van der Waals surface area (Å²) in [6.07, 6.45) is 1.75. The Hall–Kier alpha value is -2.04. The predicted molar refractivity (Wildman–Crippen MR) is 63.6 cm³/mol. The third-order valence-corrected chi connectivity index (χ3v) is 2.52. The van der Waals surface area contributed by atoms with Crippen molar-refractivity contribution in [3.05, 3.63) is 41.5 Å². The first-order chi connectivity index (χ1) is 8.19. The first-order valence-electron chi connectivity index (χ1n) is 5.26. The minimum Gasteiger partial charge on any atom is -0.497 e. The molecule has 0 bridgehead atoms. The van der Waals surface area contributed by atoms with Crippen LogP contribution in [-0.2, 0) is 6.54 Å². The van der Waals surface area contributed by atoms with E-state index in [1.165, 1.54) is 19.2 Å². The van der Waals surface area contributed by atoms with Crippen molar-refractivity contribution < 1.29 is 9.13 Å². The van der Waals surface area contributed by atoms with E-state index in [0.29, 0.717) is 18.0 Å². The summed E-state index contributed by atoms with van der Waals surface area (Å²) in [6, 6.07) is 4.52. The largest absolute Gasteiger partial charge is 0.497 e. The minimum absolute atomic E-state index is 0.323. The van der Waals surface area contributed by atoms with Gasteiger partial charge >= 0.3 is 0 Å². The monoisotopic (exact) mass is 235 g/mol. The number of anilines is 1. The summed E-state index contributed by atoms with van der Waals surface area (Å²) < 4.78 is 18.2. The number of H-pyrrole nitrogens is 1. The molecule has 2 N–H and O–H groups in total. The Morgan fingerprint density at radius 2 is 2.24 bits per heavy atom. The first-order valence-corrected chi connectivity index (χ1v) is 5.26. The summed E-state index contributed by atoms with van der Waals surface area (Å²) in [5.74, 6) is 0.173. The van der Waals surface area contributed by atoms with E-state index in [1.807, 2.05) is 6.92 Å². The van der Waals surface area contributed by atoms with Gasteiger partial charge in [0.05, 0.1) is 13.3 Å². The maximum Gasteiger partial charge on any atom is 0.128 e. The van der Waals surface area contributed by atoms with Crippen LogP contribution in [0.25, 0.3) is 0 Å². The van der Waals surface area contributed by atoms with Crippen molar-refractivity contribution in [2.75, 3.05) is 12.4 Å². The molecule has 0 atom stereocenters. The van der Waals surface area contributed by atoms with Gasteiger partial charge in [-0.3, -0.25) is 5.10 Å². The lowest BCUT2D eigenvalue weighted by Crippen LogP contribution is -2.00. The van der Waals surface area contributed by atoms with Crippen LogP contribution in [0.5, 0.6) is 5.75 Å². The highest BCUT2D eigenvalue weighted by atomic mass is 19.1. The normalized spacial score (nSPS) is 10.3. The zero-order valence-electron chi connectivity index (χ0n) is 9.75. The second-order valence-corrected chi connectivity index (χ2v) is 3.75. The molecular weight excluding hydrogens is 221 g/mol. The van der Waals surface area contributed by atoms with Crippen molar-refractivity contribution in [1.82, 2.24) is 10.2 Å². The van der Waals surface area contributed by atoms with E-state index < -0.39 is 0 Å². The van der Waals surface area contributed by atoms with Gasteiger partial charge in [0, 0.05) is 35.6 Å². The lowest BCUT2D eigenvalue weighted by molar-refractivity contribution is 0.411. The molecule has 0 amide bonds. The van der Waals surface area contributed by atoms with Crippen LogP contribution in [0.2, 0.25) is 0 Å². The Morgan fingerprint density at radius 1 is 1.41 bits per heavy atom. The Bertz CT molecular complexity index is 510. The molecule has 0 saturated carbocycles. The molecule has 90 valence electrons. The number of hydrogen-bond acceptors (Lipinski definition) is 3. The van der Waals surface area contributed by atoms with Gasteiger partial charge in [-0.05, 0) is 13.0 Å². The molecule has 0 aliphatic heterocycles. The van der Waals surface area contributed by atoms with Crippen molar-refractivity contribution >= 4 is 5.69 Å². The van der Waals surface area contributed by atoms with Crippen molar-refractivity contribution in [3.63, 3.8) is 0 Å². The molecule has 2 rings (SSSR count). The van der Waals surface area contributed by atoms with E-state index in [4.69, 9.17) is 4.74 Å². The second kappa shape index (κ2) is 4.86. The summed E-state index contributed by atoms with van der Waals surface area (Å²) in [4.78, 5) is 0. The summed E-state index contributed by atoms with van der Waals surface area (Å²) in [6.45, 7) is 2.53. The molecule has 1 heterocycles. The predicted octanol–water partition coefficient (Wildman–Crippen LogP) is 2.48. The highest BCUT2D eigenvalue weighted by molar-refractivity contribution is 5.49. The van der Waals surface area contributed by atoms with Crippen LogP contribution in [0.4, 0.5) is 10.1 Å². The number of benzene rings is 1. The molecule has 0 saturated heterocycles. The summed E-state index contributed by atoms with van der Waals surface area (Å²) in [5.41, 5.74) is 2.73. The zero-order valence-corrected chi connectivity index (χ0v) is 9.75. The summed E-state index contributed by atoms with van der Waals surface area (Å²) >= 11 is 0. The Labute approximate surface area is 98.8 Å². The molecule has 1 aromatic carbocycles. The SMILES string of the molecule is COc1cc(F)cc(NCc2cn[nH]c2C)c1. The number of ether oxygens (including phenoxy) is 1. The van der Waals surface area contributed by atoms with Crippen molar-refractivity contribution in [1.29, 1.82) is 0 Å². The molecule has 1 aromatic heterocycles. The van der Waals surface area contributed by atoms with E-state index in [2.05, 4.69) is 15.5 Å². The van der Waals surface area contributed by atoms with E-state index in [0.717, 1.165) is 11.3 Å². The zero-order chi connectivity index (χ0) is 12.3. The smallest absolute Gasteiger partial charge is 0.128 e. The number of halogens is 1. The molecule has 17 heavy (non-hydrogen) atoms. The third kappa shape index (κ3) is 2.75. The topological polar surface area (TPSA) is 49.9 Å². The van der Waals surface area contributed by atoms with Crippen molar-refractivity contribution in [2.45, 2.75) is 13.5 Å². The van der Waals surface area contributed by atoms with Gasteiger partial charge in [0.25, 0.3) is 0 Å². The number of nitrogens with zero attached hydrogens (tertiary/aromatic N) is 1. The van der Waals surface area contributed by atoms with Crippen LogP contribution in [0.1, 0.15) is 11.3 Å². The van der Waals surface area contributed by atoms with Gasteiger partial charge in [-0.1, -0.05) is 0 Å². The number of nitrogens with one attached hydrogen (secondary N) is 2. The van der Waals surface area contributed by atoms with Crippen LogP contribution < -0.4 is 10.1 Å². The minimum atomic E-state index is -0.323. The molecule has 0 radical (unpaired) electrons. The molecule has 5 heteroatoms. The standard InChI is InChI=1S/C12H14FN3O/c1-8-9(7-15-16-8)6-14-11-3-10(13)4-12(5-11)17-2/h3-5,7,14H,6H2,1-2H3,(H,15,16). The van der Waals surface area contributed by atoms with E-state index in [1.54, 1.807) is 12.3 Å². The molecular formula is C12H14FN3O. The lowest BCUT2D eigenvalue weighted by atomic mass is 10.2. The maximum atomic E-state index is 13.2. The molecule has 0 aliphatic carbocycles.